The molecule has 5 fully saturated rings. The summed E-state index contributed by atoms with van der Waals surface area (Å²) in [5.74, 6) is 1.50. The Bertz CT molecular complexity index is 437. The first-order valence-electron chi connectivity index (χ1n) is 8.58. The van der Waals surface area contributed by atoms with Crippen molar-refractivity contribution in [1.29, 1.82) is 0 Å². The van der Waals surface area contributed by atoms with Crippen LogP contribution in [0.2, 0.25) is 0 Å². The molecule has 21 heavy (non-hydrogen) atoms. The van der Waals surface area contributed by atoms with Crippen molar-refractivity contribution in [3.05, 3.63) is 0 Å². The second-order valence-electron chi connectivity index (χ2n) is 8.23. The van der Waals surface area contributed by atoms with Gasteiger partial charge in [-0.15, -0.1) is 0 Å². The number of hydrogen-bond acceptors (Lipinski definition) is 2. The molecular formula is C17H25NO3. The molecule has 0 spiro atoms. The predicted molar refractivity (Wildman–Crippen MR) is 77.5 cm³/mol. The number of aliphatic carboxylic acids is 1. The summed E-state index contributed by atoms with van der Waals surface area (Å²) in [6.45, 7) is 0. The molecule has 2 N–H and O–H groups in total. The van der Waals surface area contributed by atoms with Gasteiger partial charge in [-0.1, -0.05) is 0 Å². The van der Waals surface area contributed by atoms with Crippen molar-refractivity contribution in [1.82, 2.24) is 5.32 Å². The lowest BCUT2D eigenvalue weighted by Crippen LogP contribution is -2.60. The highest BCUT2D eigenvalue weighted by atomic mass is 16.4. The average molecular weight is 291 g/mol. The van der Waals surface area contributed by atoms with Crippen LogP contribution >= 0.6 is 0 Å². The van der Waals surface area contributed by atoms with Gasteiger partial charge in [0, 0.05) is 11.5 Å². The maximum absolute atomic E-state index is 12.6. The molecule has 4 bridgehead atoms. The molecule has 0 saturated heterocycles. The second kappa shape index (κ2) is 4.72. The van der Waals surface area contributed by atoms with Crippen LogP contribution in [0.25, 0.3) is 0 Å². The smallest absolute Gasteiger partial charge is 0.306 e. The molecule has 2 atom stereocenters. The highest BCUT2D eigenvalue weighted by molar-refractivity contribution is 5.81. The first-order valence-corrected chi connectivity index (χ1v) is 8.58. The molecule has 4 nitrogen and oxygen atoms in total. The van der Waals surface area contributed by atoms with E-state index in [2.05, 4.69) is 5.32 Å². The molecule has 0 aromatic rings. The molecule has 1 amide bonds. The van der Waals surface area contributed by atoms with Crippen LogP contribution in [-0.4, -0.2) is 22.5 Å². The van der Waals surface area contributed by atoms with E-state index in [1.165, 1.54) is 38.5 Å². The fraction of sp³-hybridized carbons (Fsp3) is 0.882. The molecule has 0 aliphatic heterocycles. The number of carbonyl (C=O) groups excluding carboxylic acids is 1. The molecule has 0 aromatic heterocycles. The topological polar surface area (TPSA) is 66.4 Å². The summed E-state index contributed by atoms with van der Waals surface area (Å²) in [6.07, 6.45) is 9.56. The molecule has 5 aliphatic rings. The van der Waals surface area contributed by atoms with E-state index < -0.39 is 5.97 Å². The molecule has 5 rings (SSSR count). The number of amides is 1. The number of carbonyl (C=O) groups is 2. The van der Waals surface area contributed by atoms with E-state index in [1.54, 1.807) is 0 Å². The lowest BCUT2D eigenvalue weighted by molar-refractivity contribution is -0.141. The summed E-state index contributed by atoms with van der Waals surface area (Å²) >= 11 is 0. The van der Waals surface area contributed by atoms with Crippen molar-refractivity contribution in [2.24, 2.45) is 29.6 Å². The summed E-state index contributed by atoms with van der Waals surface area (Å²) in [5, 5.41) is 12.5. The molecule has 5 saturated carbocycles. The minimum absolute atomic E-state index is 0.0626. The number of carboxylic acid groups (broad SMARTS) is 1. The van der Waals surface area contributed by atoms with Gasteiger partial charge in [0.1, 0.15) is 0 Å². The molecule has 0 heterocycles. The molecule has 5 aliphatic carbocycles. The van der Waals surface area contributed by atoms with E-state index >= 15 is 0 Å². The zero-order chi connectivity index (χ0) is 14.6. The van der Waals surface area contributed by atoms with Gasteiger partial charge in [-0.25, -0.2) is 0 Å². The van der Waals surface area contributed by atoms with Crippen LogP contribution in [0.3, 0.4) is 0 Å². The SMILES string of the molecule is O=C(O)[C@H]1CC[C@@H](C(=O)NC23CC4CC(CC(C4)C2)C3)C1. The summed E-state index contributed by atoms with van der Waals surface area (Å²) in [6, 6.07) is 0. The van der Waals surface area contributed by atoms with E-state index in [0.717, 1.165) is 24.2 Å². The zero-order valence-corrected chi connectivity index (χ0v) is 12.5. The van der Waals surface area contributed by atoms with Gasteiger partial charge in [-0.3, -0.25) is 9.59 Å². The molecule has 0 radical (unpaired) electrons. The van der Waals surface area contributed by atoms with E-state index in [1.807, 2.05) is 0 Å². The highest BCUT2D eigenvalue weighted by Crippen LogP contribution is 2.55. The Hall–Kier alpha value is -1.06. The number of hydrogen-bond donors (Lipinski definition) is 2. The van der Waals surface area contributed by atoms with E-state index in [4.69, 9.17) is 5.11 Å². The van der Waals surface area contributed by atoms with Crippen LogP contribution in [0, 0.1) is 29.6 Å². The lowest BCUT2D eigenvalue weighted by Gasteiger charge is -2.57. The van der Waals surface area contributed by atoms with Gasteiger partial charge in [-0.05, 0) is 75.5 Å². The van der Waals surface area contributed by atoms with Crippen LogP contribution in [0.15, 0.2) is 0 Å². The lowest BCUT2D eigenvalue weighted by atomic mass is 9.53. The van der Waals surface area contributed by atoms with Crippen LogP contribution in [0.1, 0.15) is 57.8 Å². The van der Waals surface area contributed by atoms with Gasteiger partial charge < -0.3 is 10.4 Å². The van der Waals surface area contributed by atoms with E-state index in [-0.39, 0.29) is 23.3 Å². The van der Waals surface area contributed by atoms with Crippen molar-refractivity contribution in [2.75, 3.05) is 0 Å². The maximum Gasteiger partial charge on any atom is 0.306 e. The van der Waals surface area contributed by atoms with Crippen molar-refractivity contribution in [2.45, 2.75) is 63.3 Å². The Kier molecular flexibility index (Phi) is 3.05. The third kappa shape index (κ3) is 2.36. The van der Waals surface area contributed by atoms with Crippen LogP contribution in [-0.2, 0) is 9.59 Å². The largest absolute Gasteiger partial charge is 0.481 e. The number of rotatable bonds is 3. The summed E-state index contributed by atoms with van der Waals surface area (Å²) in [5.41, 5.74) is 0.0626. The van der Waals surface area contributed by atoms with Gasteiger partial charge >= 0.3 is 5.97 Å². The second-order valence-corrected chi connectivity index (χ2v) is 8.23. The average Bonchev–Trinajstić information content (AvgIpc) is 2.85. The number of nitrogens with one attached hydrogen (secondary N) is 1. The summed E-state index contributed by atoms with van der Waals surface area (Å²) in [4.78, 5) is 23.6. The fourth-order valence-corrected chi connectivity index (χ4v) is 6.07. The Labute approximate surface area is 125 Å². The molecule has 0 unspecified atom stereocenters. The Morgan fingerprint density at radius 3 is 1.86 bits per heavy atom. The van der Waals surface area contributed by atoms with Gasteiger partial charge in [0.2, 0.25) is 5.91 Å². The third-order valence-electron chi connectivity index (χ3n) is 6.58. The first kappa shape index (κ1) is 13.6. The molecule has 0 aromatic carbocycles. The molecule has 4 heteroatoms. The third-order valence-corrected chi connectivity index (χ3v) is 6.58. The Morgan fingerprint density at radius 2 is 1.38 bits per heavy atom. The van der Waals surface area contributed by atoms with Crippen LogP contribution < -0.4 is 5.32 Å². The monoisotopic (exact) mass is 291 g/mol. The van der Waals surface area contributed by atoms with E-state index in [0.29, 0.717) is 12.8 Å². The Balaban J connectivity index is 1.42. The zero-order valence-electron chi connectivity index (χ0n) is 12.5. The normalized spacial score (nSPS) is 47.5. The Morgan fingerprint density at radius 1 is 0.857 bits per heavy atom. The van der Waals surface area contributed by atoms with Crippen LogP contribution in [0.5, 0.6) is 0 Å². The minimum atomic E-state index is -0.736. The molecule has 116 valence electrons. The van der Waals surface area contributed by atoms with Crippen molar-refractivity contribution in [3.63, 3.8) is 0 Å². The quantitative estimate of drug-likeness (QED) is 0.840. The van der Waals surface area contributed by atoms with E-state index in [9.17, 15) is 9.59 Å². The van der Waals surface area contributed by atoms with Gasteiger partial charge in [-0.2, -0.15) is 0 Å². The summed E-state index contributed by atoms with van der Waals surface area (Å²) < 4.78 is 0. The standard InChI is InChI=1S/C17H25NO3/c19-15(13-1-2-14(6-13)16(20)21)18-17-7-10-3-11(8-17)5-12(4-10)9-17/h10-14H,1-9H2,(H,18,19)(H,20,21)/t10?,11?,12?,13-,14+,17?/m1/s1. The fourth-order valence-electron chi connectivity index (χ4n) is 6.07. The first-order chi connectivity index (χ1) is 10.0. The van der Waals surface area contributed by atoms with Crippen molar-refractivity contribution >= 4 is 11.9 Å². The van der Waals surface area contributed by atoms with Gasteiger partial charge in [0.05, 0.1) is 5.92 Å². The van der Waals surface area contributed by atoms with Gasteiger partial charge in [0.15, 0.2) is 0 Å². The maximum atomic E-state index is 12.6. The van der Waals surface area contributed by atoms with Gasteiger partial charge in [0.25, 0.3) is 0 Å². The molecular weight excluding hydrogens is 266 g/mol. The van der Waals surface area contributed by atoms with Crippen LogP contribution in [0.4, 0.5) is 0 Å². The number of carboxylic acids is 1. The minimum Gasteiger partial charge on any atom is -0.481 e. The predicted octanol–water partition coefficient (Wildman–Crippen LogP) is 2.57. The van der Waals surface area contributed by atoms with Crippen molar-refractivity contribution < 1.29 is 14.7 Å². The summed E-state index contributed by atoms with van der Waals surface area (Å²) in [7, 11) is 0. The highest BCUT2D eigenvalue weighted by Gasteiger charge is 2.52. The van der Waals surface area contributed by atoms with Crippen molar-refractivity contribution in [3.8, 4) is 0 Å².